The lowest BCUT2D eigenvalue weighted by Gasteiger charge is -2.14. The molecule has 0 amide bonds. The number of esters is 1. The van der Waals surface area contributed by atoms with Gasteiger partial charge in [0, 0.05) is 11.1 Å². The van der Waals surface area contributed by atoms with E-state index in [0.717, 1.165) is 11.1 Å². The molecule has 4 rings (SSSR count). The van der Waals surface area contributed by atoms with Gasteiger partial charge in [0.25, 0.3) is 0 Å². The highest BCUT2D eigenvalue weighted by molar-refractivity contribution is 6.07. The Morgan fingerprint density at radius 1 is 0.622 bits per heavy atom. The summed E-state index contributed by atoms with van der Waals surface area (Å²) < 4.78 is 21.6. The Kier molecular flexibility index (Phi) is 8.01. The molecule has 4 aromatic rings. The number of ether oxygens (including phenoxy) is 4. The van der Waals surface area contributed by atoms with Crippen molar-refractivity contribution < 1.29 is 28.5 Å². The number of ketones is 1. The minimum absolute atomic E-state index is 0.162. The Bertz CT molecular complexity index is 1400. The summed E-state index contributed by atoms with van der Waals surface area (Å²) in [5.74, 6) is 0.593. The molecule has 0 heterocycles. The molecule has 0 aromatic heterocycles. The summed E-state index contributed by atoms with van der Waals surface area (Å²) in [5, 5.41) is 0. The number of hydrogen-bond acceptors (Lipinski definition) is 6. The van der Waals surface area contributed by atoms with Crippen molar-refractivity contribution in [3.8, 4) is 34.1 Å². The first-order valence-corrected chi connectivity index (χ1v) is 11.5. The number of para-hydroxylation sites is 1. The van der Waals surface area contributed by atoms with Crippen LogP contribution < -0.4 is 18.9 Å². The van der Waals surface area contributed by atoms with Gasteiger partial charge in [-0.3, -0.25) is 4.79 Å². The van der Waals surface area contributed by atoms with Crippen LogP contribution in [-0.2, 0) is 0 Å². The number of carbonyl (C=O) groups is 2. The van der Waals surface area contributed by atoms with Crippen molar-refractivity contribution in [2.24, 2.45) is 0 Å². The lowest BCUT2D eigenvalue weighted by molar-refractivity contribution is 0.0733. The Labute approximate surface area is 215 Å². The first kappa shape index (κ1) is 25.3. The smallest absolute Gasteiger partial charge is 0.343 e. The van der Waals surface area contributed by atoms with Gasteiger partial charge in [0.2, 0.25) is 5.75 Å². The molecular formula is C31H26O6. The van der Waals surface area contributed by atoms with E-state index in [1.165, 1.54) is 39.5 Å². The van der Waals surface area contributed by atoms with Gasteiger partial charge in [-0.15, -0.1) is 0 Å². The van der Waals surface area contributed by atoms with E-state index < -0.39 is 5.97 Å². The summed E-state index contributed by atoms with van der Waals surface area (Å²) in [6, 6.07) is 27.4. The minimum atomic E-state index is -0.608. The molecule has 0 fully saturated rings. The highest BCUT2D eigenvalue weighted by atomic mass is 16.5. The second-order valence-electron chi connectivity index (χ2n) is 7.98. The average molecular weight is 495 g/mol. The van der Waals surface area contributed by atoms with Crippen LogP contribution in [0.2, 0.25) is 0 Å². The summed E-state index contributed by atoms with van der Waals surface area (Å²) >= 11 is 0. The second kappa shape index (κ2) is 11.7. The highest BCUT2D eigenvalue weighted by Gasteiger charge is 2.19. The van der Waals surface area contributed by atoms with E-state index in [-0.39, 0.29) is 11.3 Å². The predicted molar refractivity (Wildman–Crippen MR) is 143 cm³/mol. The molecule has 0 atom stereocenters. The molecule has 0 saturated heterocycles. The van der Waals surface area contributed by atoms with Crippen LogP contribution in [0.4, 0.5) is 0 Å². The standard InChI is InChI=1S/C31H26O6/c1-34-28-19-25(20-29(35-2)30(28)36-3)31(33)37-27-12-8-7-11-24(27)17-18-26(32)23-15-13-22(14-16-23)21-9-5-4-6-10-21/h4-20H,1-3H3. The van der Waals surface area contributed by atoms with E-state index in [4.69, 9.17) is 18.9 Å². The van der Waals surface area contributed by atoms with E-state index in [0.29, 0.717) is 34.1 Å². The maximum atomic E-state index is 12.9. The van der Waals surface area contributed by atoms with Gasteiger partial charge < -0.3 is 18.9 Å². The zero-order valence-corrected chi connectivity index (χ0v) is 20.8. The zero-order chi connectivity index (χ0) is 26.2. The summed E-state index contributed by atoms with van der Waals surface area (Å²) in [4.78, 5) is 25.7. The molecule has 0 bridgehead atoms. The van der Waals surface area contributed by atoms with Gasteiger partial charge in [0.1, 0.15) is 5.75 Å². The fraction of sp³-hybridized carbons (Fsp3) is 0.0968. The average Bonchev–Trinajstić information content (AvgIpc) is 2.96. The van der Waals surface area contributed by atoms with Crippen molar-refractivity contribution in [3.05, 3.63) is 114 Å². The predicted octanol–water partition coefficient (Wildman–Crippen LogP) is 6.49. The summed E-state index contributed by atoms with van der Waals surface area (Å²) in [5.41, 5.74) is 3.48. The SMILES string of the molecule is COc1cc(C(=O)Oc2ccccc2C=CC(=O)c2ccc(-c3ccccc3)cc2)cc(OC)c1OC. The third-order valence-corrected chi connectivity index (χ3v) is 5.71. The fourth-order valence-corrected chi connectivity index (χ4v) is 3.79. The lowest BCUT2D eigenvalue weighted by Crippen LogP contribution is -2.10. The van der Waals surface area contributed by atoms with Crippen LogP contribution in [0, 0.1) is 0 Å². The first-order valence-electron chi connectivity index (χ1n) is 11.5. The van der Waals surface area contributed by atoms with Crippen molar-refractivity contribution >= 4 is 17.8 Å². The molecule has 0 unspecified atom stereocenters. The Hall–Kier alpha value is -4.84. The van der Waals surface area contributed by atoms with E-state index in [9.17, 15) is 9.59 Å². The molecule has 0 saturated carbocycles. The fourth-order valence-electron chi connectivity index (χ4n) is 3.79. The molecule has 0 radical (unpaired) electrons. The number of carbonyl (C=O) groups excluding carboxylic acids is 2. The maximum Gasteiger partial charge on any atom is 0.343 e. The summed E-state index contributed by atoms with van der Waals surface area (Å²) in [7, 11) is 4.43. The maximum absolute atomic E-state index is 12.9. The second-order valence-corrected chi connectivity index (χ2v) is 7.98. The monoisotopic (exact) mass is 494 g/mol. The van der Waals surface area contributed by atoms with Gasteiger partial charge in [0.05, 0.1) is 26.9 Å². The van der Waals surface area contributed by atoms with Crippen LogP contribution >= 0.6 is 0 Å². The third-order valence-electron chi connectivity index (χ3n) is 5.71. The van der Waals surface area contributed by atoms with E-state index in [2.05, 4.69) is 0 Å². The van der Waals surface area contributed by atoms with Crippen molar-refractivity contribution in [3.63, 3.8) is 0 Å². The van der Waals surface area contributed by atoms with Gasteiger partial charge in [0.15, 0.2) is 17.3 Å². The number of rotatable bonds is 9. The molecule has 0 aliphatic heterocycles. The normalized spacial score (nSPS) is 10.7. The minimum Gasteiger partial charge on any atom is -0.493 e. The Morgan fingerprint density at radius 2 is 1.22 bits per heavy atom. The number of benzene rings is 4. The number of allylic oxidation sites excluding steroid dienone is 1. The van der Waals surface area contributed by atoms with Crippen LogP contribution in [0.5, 0.6) is 23.0 Å². The van der Waals surface area contributed by atoms with Crippen molar-refractivity contribution in [2.45, 2.75) is 0 Å². The number of methoxy groups -OCH3 is 3. The van der Waals surface area contributed by atoms with E-state index >= 15 is 0 Å². The van der Waals surface area contributed by atoms with Crippen molar-refractivity contribution in [1.82, 2.24) is 0 Å². The molecule has 6 nitrogen and oxygen atoms in total. The Morgan fingerprint density at radius 3 is 1.84 bits per heavy atom. The van der Waals surface area contributed by atoms with Crippen LogP contribution in [0.25, 0.3) is 17.2 Å². The highest BCUT2D eigenvalue weighted by Crippen LogP contribution is 2.38. The van der Waals surface area contributed by atoms with E-state index in [1.54, 1.807) is 42.5 Å². The van der Waals surface area contributed by atoms with Gasteiger partial charge in [-0.25, -0.2) is 4.79 Å². The topological polar surface area (TPSA) is 71.1 Å². The Balaban J connectivity index is 1.51. The summed E-state index contributed by atoms with van der Waals surface area (Å²) in [6.07, 6.45) is 3.09. The van der Waals surface area contributed by atoms with Gasteiger partial charge in [-0.2, -0.15) is 0 Å². The third kappa shape index (κ3) is 5.87. The summed E-state index contributed by atoms with van der Waals surface area (Å²) in [6.45, 7) is 0. The van der Waals surface area contributed by atoms with Gasteiger partial charge >= 0.3 is 5.97 Å². The van der Waals surface area contributed by atoms with Crippen LogP contribution in [0.3, 0.4) is 0 Å². The molecule has 186 valence electrons. The van der Waals surface area contributed by atoms with Crippen LogP contribution in [0.15, 0.2) is 97.1 Å². The lowest BCUT2D eigenvalue weighted by atomic mass is 10.0. The van der Waals surface area contributed by atoms with Gasteiger partial charge in [-0.05, 0) is 41.5 Å². The molecule has 0 aliphatic rings. The van der Waals surface area contributed by atoms with Crippen LogP contribution in [0.1, 0.15) is 26.3 Å². The van der Waals surface area contributed by atoms with Crippen molar-refractivity contribution in [1.29, 1.82) is 0 Å². The van der Waals surface area contributed by atoms with Crippen LogP contribution in [-0.4, -0.2) is 33.1 Å². The molecule has 0 aliphatic carbocycles. The molecular weight excluding hydrogens is 468 g/mol. The van der Waals surface area contributed by atoms with Gasteiger partial charge in [-0.1, -0.05) is 72.8 Å². The molecule has 4 aromatic carbocycles. The molecule has 0 N–H and O–H groups in total. The number of hydrogen-bond donors (Lipinski definition) is 0. The molecule has 0 spiro atoms. The van der Waals surface area contributed by atoms with Crippen molar-refractivity contribution in [2.75, 3.05) is 21.3 Å². The largest absolute Gasteiger partial charge is 0.493 e. The molecule has 37 heavy (non-hydrogen) atoms. The quantitative estimate of drug-likeness (QED) is 0.115. The zero-order valence-electron chi connectivity index (χ0n) is 20.8. The van der Waals surface area contributed by atoms with E-state index in [1.807, 2.05) is 42.5 Å². The molecule has 6 heteroatoms. The first-order chi connectivity index (χ1) is 18.0.